The number of rotatable bonds is 8. The van der Waals surface area contributed by atoms with Gasteiger partial charge in [-0.1, -0.05) is 25.2 Å². The van der Waals surface area contributed by atoms with Crippen molar-refractivity contribution in [1.82, 2.24) is 19.1 Å². The number of hydrogen-bond donors (Lipinski definition) is 1. The minimum absolute atomic E-state index is 0.0227. The number of anilines is 1. The minimum Gasteiger partial charge on any atom is -0.305 e. The van der Waals surface area contributed by atoms with E-state index in [1.54, 1.807) is 13.8 Å². The van der Waals surface area contributed by atoms with E-state index in [4.69, 9.17) is 0 Å². The summed E-state index contributed by atoms with van der Waals surface area (Å²) in [6.45, 7) is 3.81. The van der Waals surface area contributed by atoms with Crippen LogP contribution in [-0.4, -0.2) is 46.5 Å². The zero-order chi connectivity index (χ0) is 19.6. The Bertz CT molecular complexity index is 990. The van der Waals surface area contributed by atoms with Gasteiger partial charge in [0.15, 0.2) is 0 Å². The summed E-state index contributed by atoms with van der Waals surface area (Å²) < 4.78 is 27.6. The van der Waals surface area contributed by atoms with Crippen LogP contribution in [0.2, 0.25) is 0 Å². The third kappa shape index (κ3) is 4.42. The largest absolute Gasteiger partial charge is 0.305 e. The molecule has 1 fully saturated rings. The maximum atomic E-state index is 12.6. The number of nitrogens with one attached hydrogen (secondary N) is 1. The Kier molecular flexibility index (Phi) is 5.72. The van der Waals surface area contributed by atoms with E-state index in [1.165, 1.54) is 27.9 Å². The Labute approximate surface area is 161 Å². The number of pyridine rings is 1. The molecule has 11 heteroatoms. The van der Waals surface area contributed by atoms with E-state index < -0.39 is 21.5 Å². The lowest BCUT2D eigenvalue weighted by Gasteiger charge is -2.18. The van der Waals surface area contributed by atoms with Gasteiger partial charge >= 0.3 is 0 Å². The van der Waals surface area contributed by atoms with Gasteiger partial charge in [-0.3, -0.25) is 14.9 Å². The molecule has 1 aliphatic carbocycles. The van der Waals surface area contributed by atoms with Gasteiger partial charge in [0.05, 0.1) is 4.90 Å². The first kappa shape index (κ1) is 19.6. The monoisotopic (exact) mass is 411 g/mol. The molecule has 0 aliphatic heterocycles. The van der Waals surface area contributed by atoms with E-state index in [0.29, 0.717) is 24.1 Å². The first-order valence-corrected chi connectivity index (χ1v) is 10.9. The van der Waals surface area contributed by atoms with Gasteiger partial charge in [-0.05, 0) is 18.9 Å². The molecule has 2 heterocycles. The molecule has 2 aromatic heterocycles. The summed E-state index contributed by atoms with van der Waals surface area (Å²) in [5.41, 5.74) is -0.459. The molecule has 0 spiro atoms. The van der Waals surface area contributed by atoms with Gasteiger partial charge < -0.3 is 4.57 Å². The van der Waals surface area contributed by atoms with Gasteiger partial charge in [-0.2, -0.15) is 4.31 Å². The van der Waals surface area contributed by atoms with Crippen molar-refractivity contribution < 1.29 is 13.2 Å². The van der Waals surface area contributed by atoms with Crippen LogP contribution < -0.4 is 10.9 Å². The summed E-state index contributed by atoms with van der Waals surface area (Å²) >= 11 is 1.32. The van der Waals surface area contributed by atoms with E-state index in [9.17, 15) is 18.0 Å². The Hall–Kier alpha value is -2.11. The van der Waals surface area contributed by atoms with E-state index >= 15 is 0 Å². The van der Waals surface area contributed by atoms with Crippen molar-refractivity contribution in [2.75, 3.05) is 18.4 Å². The molecule has 2 aromatic rings. The van der Waals surface area contributed by atoms with Crippen LogP contribution in [0, 0.1) is 0 Å². The van der Waals surface area contributed by atoms with E-state index in [2.05, 4.69) is 15.5 Å². The third-order valence-corrected chi connectivity index (χ3v) is 7.26. The Balaban J connectivity index is 1.75. The van der Waals surface area contributed by atoms with Gasteiger partial charge in [0.25, 0.3) is 5.56 Å². The second-order valence-corrected chi connectivity index (χ2v) is 9.14. The molecule has 0 saturated heterocycles. The summed E-state index contributed by atoms with van der Waals surface area (Å²) in [4.78, 5) is 24.3. The maximum Gasteiger partial charge on any atom is 0.251 e. The van der Waals surface area contributed by atoms with Gasteiger partial charge in [-0.25, -0.2) is 8.42 Å². The average Bonchev–Trinajstić information content (AvgIpc) is 3.37. The van der Waals surface area contributed by atoms with Crippen LogP contribution in [0.15, 0.2) is 28.0 Å². The second-order valence-electron chi connectivity index (χ2n) is 6.19. The summed E-state index contributed by atoms with van der Waals surface area (Å²) in [6, 6.07) is 2.41. The van der Waals surface area contributed by atoms with Crippen LogP contribution >= 0.6 is 11.3 Å². The van der Waals surface area contributed by atoms with Crippen molar-refractivity contribution in [1.29, 1.82) is 0 Å². The molecule has 0 bridgehead atoms. The van der Waals surface area contributed by atoms with Gasteiger partial charge in [0.1, 0.15) is 11.6 Å². The Morgan fingerprint density at radius 2 is 2.00 bits per heavy atom. The summed E-state index contributed by atoms with van der Waals surface area (Å²) in [6.07, 6.45) is 3.38. The second kappa shape index (κ2) is 7.87. The number of carbonyl (C=O) groups is 1. The van der Waals surface area contributed by atoms with Gasteiger partial charge in [0.2, 0.25) is 21.1 Å². The Morgan fingerprint density at radius 1 is 1.30 bits per heavy atom. The highest BCUT2D eigenvalue weighted by molar-refractivity contribution is 7.89. The fourth-order valence-corrected chi connectivity index (χ4v) is 5.00. The topological polar surface area (TPSA) is 114 Å². The molecule has 9 nitrogen and oxygen atoms in total. The fraction of sp³-hybridized carbons (Fsp3) is 0.500. The number of sulfonamides is 1. The molecule has 1 aliphatic rings. The maximum absolute atomic E-state index is 12.6. The lowest BCUT2D eigenvalue weighted by atomic mass is 10.4. The van der Waals surface area contributed by atoms with Crippen LogP contribution in [0.1, 0.15) is 37.6 Å². The number of hydrogen-bond acceptors (Lipinski definition) is 7. The molecule has 0 aromatic carbocycles. The molecule has 0 atom stereocenters. The van der Waals surface area contributed by atoms with Crippen LogP contribution in [-0.2, 0) is 21.4 Å². The number of nitrogens with zero attached hydrogens (tertiary/aromatic N) is 4. The third-order valence-electron chi connectivity index (χ3n) is 4.23. The molecule has 0 radical (unpaired) electrons. The van der Waals surface area contributed by atoms with Crippen LogP contribution in [0.25, 0.3) is 0 Å². The van der Waals surface area contributed by atoms with Gasteiger partial charge in [0, 0.05) is 31.3 Å². The van der Waals surface area contributed by atoms with Crippen molar-refractivity contribution in [2.45, 2.75) is 44.0 Å². The first-order chi connectivity index (χ1) is 12.8. The first-order valence-electron chi connectivity index (χ1n) is 8.69. The quantitative estimate of drug-likeness (QED) is 0.699. The molecule has 1 amide bonds. The number of aromatic nitrogens is 3. The molecule has 146 valence electrons. The van der Waals surface area contributed by atoms with Gasteiger partial charge in [-0.15, -0.1) is 10.2 Å². The fourth-order valence-electron chi connectivity index (χ4n) is 2.59. The minimum atomic E-state index is -3.71. The highest BCUT2D eigenvalue weighted by atomic mass is 32.2. The standard InChI is InChI=1S/C16H21N5O4S2/c1-3-21(4-2)27(24,25)12-7-8-14(23)20(9-12)10-13(22)17-16-19-18-15(26-16)11-5-6-11/h7-9,11H,3-6,10H2,1-2H3,(H,17,19,22). The molecule has 3 rings (SSSR count). The van der Waals surface area contributed by atoms with Crippen molar-refractivity contribution in [3.8, 4) is 0 Å². The molecular formula is C16H21N5O4S2. The van der Waals surface area contributed by atoms with Crippen LogP contribution in [0.4, 0.5) is 5.13 Å². The number of carbonyl (C=O) groups excluding carboxylic acids is 1. The SMILES string of the molecule is CCN(CC)S(=O)(=O)c1ccc(=O)n(CC(=O)Nc2nnc(C3CC3)s2)c1. The smallest absolute Gasteiger partial charge is 0.251 e. The van der Waals surface area contributed by atoms with Crippen molar-refractivity contribution in [3.63, 3.8) is 0 Å². The predicted molar refractivity (Wildman–Crippen MR) is 101 cm³/mol. The average molecular weight is 412 g/mol. The highest BCUT2D eigenvalue weighted by Gasteiger charge is 2.28. The van der Waals surface area contributed by atoms with Crippen LogP contribution in [0.3, 0.4) is 0 Å². The molecular weight excluding hydrogens is 390 g/mol. The summed E-state index contributed by atoms with van der Waals surface area (Å²) in [5, 5.41) is 11.9. The van der Waals surface area contributed by atoms with Crippen molar-refractivity contribution in [3.05, 3.63) is 33.7 Å². The summed E-state index contributed by atoms with van der Waals surface area (Å²) in [5.74, 6) is -0.0225. The van der Waals surface area contributed by atoms with Crippen molar-refractivity contribution >= 4 is 32.4 Å². The lowest BCUT2D eigenvalue weighted by Crippen LogP contribution is -2.33. The lowest BCUT2D eigenvalue weighted by molar-refractivity contribution is -0.116. The van der Waals surface area contributed by atoms with E-state index in [-0.39, 0.29) is 11.4 Å². The van der Waals surface area contributed by atoms with Crippen molar-refractivity contribution in [2.24, 2.45) is 0 Å². The normalized spacial score (nSPS) is 14.5. The molecule has 1 N–H and O–H groups in total. The Morgan fingerprint density at radius 3 is 2.63 bits per heavy atom. The molecule has 27 heavy (non-hydrogen) atoms. The number of amides is 1. The van der Waals surface area contributed by atoms with Crippen LogP contribution in [0.5, 0.6) is 0 Å². The molecule has 0 unspecified atom stereocenters. The van der Waals surface area contributed by atoms with E-state index in [0.717, 1.165) is 28.5 Å². The van der Waals surface area contributed by atoms with E-state index in [1.807, 2.05) is 0 Å². The summed E-state index contributed by atoms with van der Waals surface area (Å²) in [7, 11) is -3.71. The predicted octanol–water partition coefficient (Wildman–Crippen LogP) is 1.25. The zero-order valence-electron chi connectivity index (χ0n) is 15.1. The highest BCUT2D eigenvalue weighted by Crippen LogP contribution is 2.42. The molecule has 1 saturated carbocycles. The zero-order valence-corrected chi connectivity index (χ0v) is 16.7.